The fourth-order valence-electron chi connectivity index (χ4n) is 2.00. The van der Waals surface area contributed by atoms with Gasteiger partial charge in [0, 0.05) is 11.3 Å². The minimum Gasteiger partial charge on any atom is -0.444 e. The molecule has 0 fully saturated rings. The number of aromatic nitrogens is 1. The summed E-state index contributed by atoms with van der Waals surface area (Å²) in [7, 11) is 0. The predicted molar refractivity (Wildman–Crippen MR) is 111 cm³/mol. The molecule has 150 valence electrons. The highest BCUT2D eigenvalue weighted by molar-refractivity contribution is 8.01. The van der Waals surface area contributed by atoms with Crippen molar-refractivity contribution in [2.75, 3.05) is 16.4 Å². The van der Waals surface area contributed by atoms with Crippen LogP contribution in [0.5, 0.6) is 0 Å². The molecule has 0 aliphatic heterocycles. The van der Waals surface area contributed by atoms with E-state index in [-0.39, 0.29) is 11.7 Å². The van der Waals surface area contributed by atoms with Crippen LogP contribution in [0, 0.1) is 6.92 Å². The molecule has 10 heteroatoms. The Labute approximate surface area is 171 Å². The summed E-state index contributed by atoms with van der Waals surface area (Å²) in [6.07, 6.45) is -0.566. The lowest BCUT2D eigenvalue weighted by Crippen LogP contribution is -2.27. The van der Waals surface area contributed by atoms with Gasteiger partial charge in [-0.15, -0.1) is 11.8 Å². The molecule has 0 aliphatic rings. The number of thioether (sulfide) groups is 1. The minimum atomic E-state index is -0.593. The van der Waals surface area contributed by atoms with Gasteiger partial charge in [0.1, 0.15) is 5.60 Å². The van der Waals surface area contributed by atoms with Crippen molar-refractivity contribution in [1.82, 2.24) is 4.98 Å². The van der Waals surface area contributed by atoms with Gasteiger partial charge in [0.15, 0.2) is 5.13 Å². The van der Waals surface area contributed by atoms with Crippen LogP contribution >= 0.6 is 23.1 Å². The fourth-order valence-corrected chi connectivity index (χ4v) is 3.87. The number of primary amides is 1. The smallest absolute Gasteiger partial charge is 0.412 e. The molecule has 3 amide bonds. The number of hydrogen-bond donors (Lipinski definition) is 3. The lowest BCUT2D eigenvalue weighted by atomic mass is 10.2. The molecule has 2 rings (SSSR count). The number of nitrogens with zero attached hydrogens (tertiary/aromatic N) is 1. The Morgan fingerprint density at radius 1 is 1.18 bits per heavy atom. The number of carbonyl (C=O) groups excluding carboxylic acids is 3. The average Bonchev–Trinajstić information content (AvgIpc) is 2.91. The standard InChI is InChI=1S/C18H22N4O4S2/c1-10-15(27-9-13(19)23)28-16(20-10)22-14(24)11-5-7-12(8-6-11)21-17(25)26-18(2,3)4/h5-8H,9H2,1-4H3,(H2,19,23)(H,21,25)(H,20,22,24). The molecule has 1 heterocycles. The molecule has 1 aromatic heterocycles. The van der Waals surface area contributed by atoms with Crippen molar-refractivity contribution in [2.24, 2.45) is 5.73 Å². The van der Waals surface area contributed by atoms with Crippen molar-refractivity contribution in [2.45, 2.75) is 37.5 Å². The number of benzene rings is 1. The van der Waals surface area contributed by atoms with Gasteiger partial charge in [0.2, 0.25) is 5.91 Å². The second kappa shape index (κ2) is 9.07. The number of nitrogens with one attached hydrogen (secondary N) is 2. The zero-order valence-electron chi connectivity index (χ0n) is 16.0. The Bertz CT molecular complexity index is 873. The highest BCUT2D eigenvalue weighted by Gasteiger charge is 2.17. The van der Waals surface area contributed by atoms with Crippen molar-refractivity contribution in [3.63, 3.8) is 0 Å². The number of amides is 3. The van der Waals surface area contributed by atoms with Gasteiger partial charge >= 0.3 is 6.09 Å². The number of hydrogen-bond acceptors (Lipinski definition) is 7. The molecule has 0 saturated heterocycles. The number of carbonyl (C=O) groups is 3. The summed E-state index contributed by atoms with van der Waals surface area (Å²) < 4.78 is 6.00. The molecular weight excluding hydrogens is 400 g/mol. The van der Waals surface area contributed by atoms with Crippen LogP contribution in [-0.2, 0) is 9.53 Å². The van der Waals surface area contributed by atoms with Gasteiger partial charge in [-0.1, -0.05) is 11.3 Å². The van der Waals surface area contributed by atoms with Gasteiger partial charge in [-0.3, -0.25) is 20.2 Å². The molecule has 0 saturated carbocycles. The third kappa shape index (κ3) is 6.86. The number of ether oxygens (including phenoxy) is 1. The van der Waals surface area contributed by atoms with Crippen molar-refractivity contribution < 1.29 is 19.1 Å². The largest absolute Gasteiger partial charge is 0.444 e. The number of aryl methyl sites for hydroxylation is 1. The second-order valence-corrected chi connectivity index (χ2v) is 9.05. The molecular formula is C18H22N4O4S2. The summed E-state index contributed by atoms with van der Waals surface area (Å²) in [6.45, 7) is 7.13. The topological polar surface area (TPSA) is 123 Å². The van der Waals surface area contributed by atoms with E-state index in [1.807, 2.05) is 0 Å². The molecule has 0 bridgehead atoms. The molecule has 8 nitrogen and oxygen atoms in total. The van der Waals surface area contributed by atoms with Crippen LogP contribution in [-0.4, -0.2) is 34.2 Å². The lowest BCUT2D eigenvalue weighted by Gasteiger charge is -2.19. The fraction of sp³-hybridized carbons (Fsp3) is 0.333. The first kappa shape index (κ1) is 21.7. The van der Waals surface area contributed by atoms with Gasteiger partial charge in [0.05, 0.1) is 15.7 Å². The van der Waals surface area contributed by atoms with E-state index in [0.717, 1.165) is 9.90 Å². The van der Waals surface area contributed by atoms with Gasteiger partial charge in [-0.05, 0) is 52.0 Å². The second-order valence-electron chi connectivity index (χ2n) is 6.81. The molecule has 4 N–H and O–H groups in total. The van der Waals surface area contributed by atoms with Crippen molar-refractivity contribution in [1.29, 1.82) is 0 Å². The normalized spacial score (nSPS) is 11.0. The van der Waals surface area contributed by atoms with Crippen LogP contribution < -0.4 is 16.4 Å². The van der Waals surface area contributed by atoms with Crippen molar-refractivity contribution >= 4 is 51.8 Å². The highest BCUT2D eigenvalue weighted by atomic mass is 32.2. The summed E-state index contributed by atoms with van der Waals surface area (Å²) in [5.74, 6) is -0.588. The van der Waals surface area contributed by atoms with E-state index in [4.69, 9.17) is 10.5 Å². The Morgan fingerprint density at radius 2 is 1.82 bits per heavy atom. The van der Waals surface area contributed by atoms with Gasteiger partial charge in [0.25, 0.3) is 5.91 Å². The van der Waals surface area contributed by atoms with E-state index < -0.39 is 17.6 Å². The molecule has 2 aromatic rings. The molecule has 1 aromatic carbocycles. The predicted octanol–water partition coefficient (Wildman–Crippen LogP) is 3.63. The average molecular weight is 423 g/mol. The van der Waals surface area contributed by atoms with E-state index in [1.165, 1.54) is 23.1 Å². The van der Waals surface area contributed by atoms with Crippen LogP contribution in [0.2, 0.25) is 0 Å². The number of anilines is 2. The quantitative estimate of drug-likeness (QED) is 0.611. The summed E-state index contributed by atoms with van der Waals surface area (Å²) >= 11 is 2.57. The molecule has 0 aliphatic carbocycles. The van der Waals surface area contributed by atoms with Crippen LogP contribution in [0.1, 0.15) is 36.8 Å². The maximum atomic E-state index is 12.4. The number of nitrogens with two attached hydrogens (primary N) is 1. The Kier molecular flexibility index (Phi) is 7.03. The number of rotatable bonds is 6. The van der Waals surface area contributed by atoms with E-state index in [0.29, 0.717) is 16.4 Å². The first-order valence-electron chi connectivity index (χ1n) is 8.33. The minimum absolute atomic E-state index is 0.155. The van der Waals surface area contributed by atoms with Gasteiger partial charge in [-0.25, -0.2) is 9.78 Å². The Balaban J connectivity index is 1.97. The monoisotopic (exact) mass is 422 g/mol. The molecule has 28 heavy (non-hydrogen) atoms. The molecule has 0 unspecified atom stereocenters. The van der Waals surface area contributed by atoms with E-state index in [1.54, 1.807) is 52.0 Å². The van der Waals surface area contributed by atoms with E-state index in [9.17, 15) is 14.4 Å². The van der Waals surface area contributed by atoms with Crippen LogP contribution in [0.4, 0.5) is 15.6 Å². The Morgan fingerprint density at radius 3 is 2.39 bits per heavy atom. The Hall–Kier alpha value is -2.59. The highest BCUT2D eigenvalue weighted by Crippen LogP contribution is 2.32. The van der Waals surface area contributed by atoms with Crippen LogP contribution in [0.15, 0.2) is 28.5 Å². The maximum absolute atomic E-state index is 12.4. The third-order valence-electron chi connectivity index (χ3n) is 3.11. The van der Waals surface area contributed by atoms with E-state index in [2.05, 4.69) is 15.6 Å². The first-order valence-corrected chi connectivity index (χ1v) is 10.1. The third-order valence-corrected chi connectivity index (χ3v) is 5.57. The lowest BCUT2D eigenvalue weighted by molar-refractivity contribution is -0.115. The first-order chi connectivity index (χ1) is 13.0. The molecule has 0 atom stereocenters. The molecule has 0 radical (unpaired) electrons. The summed E-state index contributed by atoms with van der Waals surface area (Å²) in [6, 6.07) is 6.40. The van der Waals surface area contributed by atoms with Crippen LogP contribution in [0.25, 0.3) is 0 Å². The van der Waals surface area contributed by atoms with Crippen molar-refractivity contribution in [3.05, 3.63) is 35.5 Å². The zero-order chi connectivity index (χ0) is 20.9. The molecule has 0 spiro atoms. The van der Waals surface area contributed by atoms with Gasteiger partial charge in [-0.2, -0.15) is 0 Å². The summed E-state index contributed by atoms with van der Waals surface area (Å²) in [4.78, 5) is 39.3. The SMILES string of the molecule is Cc1nc(NC(=O)c2ccc(NC(=O)OC(C)(C)C)cc2)sc1SCC(N)=O. The summed E-state index contributed by atoms with van der Waals surface area (Å²) in [5, 5.41) is 5.77. The van der Waals surface area contributed by atoms with Crippen molar-refractivity contribution in [3.8, 4) is 0 Å². The summed E-state index contributed by atoms with van der Waals surface area (Å²) in [5.41, 5.74) is 6.21. The van der Waals surface area contributed by atoms with Gasteiger partial charge < -0.3 is 10.5 Å². The zero-order valence-corrected chi connectivity index (χ0v) is 17.6. The van der Waals surface area contributed by atoms with Crippen LogP contribution in [0.3, 0.4) is 0 Å². The van der Waals surface area contributed by atoms with E-state index >= 15 is 0 Å². The maximum Gasteiger partial charge on any atom is 0.412 e. The number of thiazole rings is 1.